The highest BCUT2D eigenvalue weighted by Crippen LogP contribution is 2.26. The van der Waals surface area contributed by atoms with Gasteiger partial charge in [0.25, 0.3) is 5.69 Å². The Labute approximate surface area is 140 Å². The van der Waals surface area contributed by atoms with Crippen LogP contribution in [0.15, 0.2) is 18.2 Å². The van der Waals surface area contributed by atoms with Crippen LogP contribution in [-0.4, -0.2) is 42.0 Å². The summed E-state index contributed by atoms with van der Waals surface area (Å²) >= 11 is 5.95. The van der Waals surface area contributed by atoms with Crippen LogP contribution in [0.5, 0.6) is 0 Å². The third-order valence-electron chi connectivity index (χ3n) is 3.87. The molecule has 23 heavy (non-hydrogen) atoms. The van der Waals surface area contributed by atoms with Crippen molar-refractivity contribution in [2.24, 2.45) is 5.92 Å². The maximum absolute atomic E-state index is 11.9. The topological polar surface area (TPSA) is 87.5 Å². The zero-order valence-electron chi connectivity index (χ0n) is 13.0. The number of likely N-dealkylation sites (tertiary alicyclic amines) is 1. The number of hydrogen-bond donors (Lipinski definition) is 2. The fourth-order valence-electron chi connectivity index (χ4n) is 2.72. The van der Waals surface area contributed by atoms with E-state index in [-0.39, 0.29) is 16.7 Å². The molecule has 0 saturated carbocycles. The Hall–Kier alpha value is -1.86. The van der Waals surface area contributed by atoms with Gasteiger partial charge in [0.05, 0.1) is 15.6 Å². The predicted octanol–water partition coefficient (Wildman–Crippen LogP) is 3.10. The van der Waals surface area contributed by atoms with Crippen LogP contribution in [0, 0.1) is 16.0 Å². The minimum atomic E-state index is -0.530. The first-order chi connectivity index (χ1) is 11.0. The number of nitro groups is 1. The molecule has 0 bridgehead atoms. The second kappa shape index (κ2) is 8.12. The number of carbonyl (C=O) groups excluding carboxylic acids is 1. The molecule has 126 valence electrons. The van der Waals surface area contributed by atoms with Gasteiger partial charge in [-0.25, -0.2) is 4.79 Å². The van der Waals surface area contributed by atoms with Gasteiger partial charge in [0.2, 0.25) is 0 Å². The van der Waals surface area contributed by atoms with Gasteiger partial charge in [0.1, 0.15) is 0 Å². The number of hydrogen-bond acceptors (Lipinski definition) is 4. The molecule has 0 radical (unpaired) electrons. The SMILES string of the molecule is CCCN1CCC(CNC(=O)Nc2ccc([N+](=O)[O-])cc2Cl)C1. The molecule has 7 nitrogen and oxygen atoms in total. The van der Waals surface area contributed by atoms with E-state index in [9.17, 15) is 14.9 Å². The molecule has 2 rings (SSSR count). The van der Waals surface area contributed by atoms with Crippen LogP contribution >= 0.6 is 11.6 Å². The van der Waals surface area contributed by atoms with Crippen LogP contribution in [0.1, 0.15) is 19.8 Å². The zero-order chi connectivity index (χ0) is 16.8. The van der Waals surface area contributed by atoms with E-state index in [1.807, 2.05) is 0 Å². The third kappa shape index (κ3) is 5.07. The van der Waals surface area contributed by atoms with Crippen LogP contribution in [-0.2, 0) is 0 Å². The van der Waals surface area contributed by atoms with E-state index in [0.29, 0.717) is 18.2 Å². The molecular weight excluding hydrogens is 320 g/mol. The van der Waals surface area contributed by atoms with Gasteiger partial charge in [0.15, 0.2) is 0 Å². The predicted molar refractivity (Wildman–Crippen MR) is 90.0 cm³/mol. The number of halogens is 1. The summed E-state index contributed by atoms with van der Waals surface area (Å²) < 4.78 is 0. The van der Waals surface area contributed by atoms with Gasteiger partial charge >= 0.3 is 6.03 Å². The number of urea groups is 1. The highest BCUT2D eigenvalue weighted by Gasteiger charge is 2.22. The highest BCUT2D eigenvalue weighted by atomic mass is 35.5. The number of rotatable bonds is 6. The fraction of sp³-hybridized carbons (Fsp3) is 0.533. The number of benzene rings is 1. The molecule has 1 aromatic rings. The first-order valence-corrected chi connectivity index (χ1v) is 8.08. The van der Waals surface area contributed by atoms with Crippen molar-refractivity contribution < 1.29 is 9.72 Å². The number of non-ortho nitro benzene ring substituents is 1. The average molecular weight is 341 g/mol. The van der Waals surface area contributed by atoms with Crippen molar-refractivity contribution in [1.82, 2.24) is 10.2 Å². The molecule has 0 aromatic heterocycles. The van der Waals surface area contributed by atoms with Crippen molar-refractivity contribution in [3.63, 3.8) is 0 Å². The number of amides is 2. The molecule has 1 heterocycles. The number of anilines is 1. The monoisotopic (exact) mass is 340 g/mol. The van der Waals surface area contributed by atoms with Gasteiger partial charge in [-0.1, -0.05) is 18.5 Å². The summed E-state index contributed by atoms with van der Waals surface area (Å²) in [7, 11) is 0. The van der Waals surface area contributed by atoms with Crippen LogP contribution < -0.4 is 10.6 Å². The largest absolute Gasteiger partial charge is 0.338 e. The smallest absolute Gasteiger partial charge is 0.319 e. The lowest BCUT2D eigenvalue weighted by atomic mass is 10.1. The Morgan fingerprint density at radius 1 is 1.52 bits per heavy atom. The van der Waals surface area contributed by atoms with Crippen LogP contribution in [0.4, 0.5) is 16.2 Å². The van der Waals surface area contributed by atoms with E-state index in [1.165, 1.54) is 18.2 Å². The van der Waals surface area contributed by atoms with E-state index in [4.69, 9.17) is 11.6 Å². The van der Waals surface area contributed by atoms with Crippen LogP contribution in [0.25, 0.3) is 0 Å². The Morgan fingerprint density at radius 3 is 2.96 bits per heavy atom. The molecule has 1 aliphatic rings. The summed E-state index contributed by atoms with van der Waals surface area (Å²) in [4.78, 5) is 24.4. The van der Waals surface area contributed by atoms with E-state index in [1.54, 1.807) is 0 Å². The first kappa shape index (κ1) is 17.5. The van der Waals surface area contributed by atoms with Crippen LogP contribution in [0.2, 0.25) is 5.02 Å². The maximum Gasteiger partial charge on any atom is 0.319 e. The summed E-state index contributed by atoms with van der Waals surface area (Å²) in [6.07, 6.45) is 2.22. The number of nitrogens with one attached hydrogen (secondary N) is 2. The Balaban J connectivity index is 1.80. The molecule has 1 atom stereocenters. The molecule has 1 unspecified atom stereocenters. The normalized spacial score (nSPS) is 17.9. The Kier molecular flexibility index (Phi) is 6.18. The van der Waals surface area contributed by atoms with Gasteiger partial charge in [-0.3, -0.25) is 10.1 Å². The van der Waals surface area contributed by atoms with Gasteiger partial charge in [0, 0.05) is 25.2 Å². The Bertz CT molecular complexity index is 582. The van der Waals surface area contributed by atoms with Gasteiger partial charge < -0.3 is 15.5 Å². The highest BCUT2D eigenvalue weighted by molar-refractivity contribution is 6.33. The lowest BCUT2D eigenvalue weighted by Crippen LogP contribution is -2.34. The first-order valence-electron chi connectivity index (χ1n) is 7.70. The fourth-order valence-corrected chi connectivity index (χ4v) is 2.94. The minimum absolute atomic E-state index is 0.108. The lowest BCUT2D eigenvalue weighted by molar-refractivity contribution is -0.384. The third-order valence-corrected chi connectivity index (χ3v) is 4.19. The average Bonchev–Trinajstić information content (AvgIpc) is 2.95. The maximum atomic E-state index is 11.9. The van der Waals surface area contributed by atoms with Crippen LogP contribution in [0.3, 0.4) is 0 Å². The number of nitro benzene ring substituents is 1. The summed E-state index contributed by atoms with van der Waals surface area (Å²) in [5, 5.41) is 16.2. The van der Waals surface area contributed by atoms with Crippen molar-refractivity contribution in [2.75, 3.05) is 31.5 Å². The van der Waals surface area contributed by atoms with E-state index >= 15 is 0 Å². The second-order valence-electron chi connectivity index (χ2n) is 5.71. The molecular formula is C15H21ClN4O3. The lowest BCUT2D eigenvalue weighted by Gasteiger charge is -2.15. The van der Waals surface area contributed by atoms with E-state index in [0.717, 1.165) is 32.5 Å². The van der Waals surface area contributed by atoms with Crippen molar-refractivity contribution in [2.45, 2.75) is 19.8 Å². The molecule has 0 aliphatic carbocycles. The van der Waals surface area contributed by atoms with Gasteiger partial charge in [-0.15, -0.1) is 0 Å². The molecule has 1 fully saturated rings. The quantitative estimate of drug-likeness (QED) is 0.615. The van der Waals surface area contributed by atoms with E-state index in [2.05, 4.69) is 22.5 Å². The molecule has 1 saturated heterocycles. The molecule has 2 N–H and O–H groups in total. The summed E-state index contributed by atoms with van der Waals surface area (Å²) in [5.41, 5.74) is 0.247. The summed E-state index contributed by atoms with van der Waals surface area (Å²) in [5.74, 6) is 0.458. The van der Waals surface area contributed by atoms with Crippen molar-refractivity contribution in [1.29, 1.82) is 0 Å². The van der Waals surface area contributed by atoms with Crippen molar-refractivity contribution in [3.05, 3.63) is 33.3 Å². The molecule has 1 aromatic carbocycles. The van der Waals surface area contributed by atoms with Crippen molar-refractivity contribution >= 4 is 29.0 Å². The van der Waals surface area contributed by atoms with Gasteiger partial charge in [-0.2, -0.15) is 0 Å². The van der Waals surface area contributed by atoms with Crippen molar-refractivity contribution in [3.8, 4) is 0 Å². The standard InChI is InChI=1S/C15H21ClN4O3/c1-2-6-19-7-5-11(10-19)9-17-15(21)18-14-4-3-12(20(22)23)8-13(14)16/h3-4,8,11H,2,5-7,9-10H2,1H3,(H2,17,18,21). The zero-order valence-corrected chi connectivity index (χ0v) is 13.8. The van der Waals surface area contributed by atoms with E-state index < -0.39 is 4.92 Å². The minimum Gasteiger partial charge on any atom is -0.338 e. The second-order valence-corrected chi connectivity index (χ2v) is 6.12. The molecule has 1 aliphatic heterocycles. The molecule has 0 spiro atoms. The molecule has 8 heteroatoms. The number of carbonyl (C=O) groups is 1. The summed E-state index contributed by atoms with van der Waals surface area (Å²) in [6.45, 7) is 5.95. The van der Waals surface area contributed by atoms with Gasteiger partial charge in [-0.05, 0) is 37.9 Å². The Morgan fingerprint density at radius 2 is 2.30 bits per heavy atom. The molecule has 2 amide bonds. The summed E-state index contributed by atoms with van der Waals surface area (Å²) in [6, 6.07) is 3.60. The number of nitrogens with zero attached hydrogens (tertiary/aromatic N) is 2.